The predicted octanol–water partition coefficient (Wildman–Crippen LogP) is 6.04. The quantitative estimate of drug-likeness (QED) is 0.328. The third kappa shape index (κ3) is 7.17. The van der Waals surface area contributed by atoms with E-state index in [0.717, 1.165) is 12.1 Å². The highest BCUT2D eigenvalue weighted by Gasteiger charge is 2.40. The summed E-state index contributed by atoms with van der Waals surface area (Å²) in [6.07, 6.45) is -5.80. The Balaban J connectivity index is 1.81. The Bertz CT molecular complexity index is 1080. The lowest BCUT2D eigenvalue weighted by Crippen LogP contribution is -2.45. The molecule has 3 atom stereocenters. The molecule has 0 bridgehead atoms. The number of benzene rings is 1. The van der Waals surface area contributed by atoms with Gasteiger partial charge in [-0.15, -0.1) is 13.2 Å². The first-order valence-electron chi connectivity index (χ1n) is 10.9. The number of carbonyl (C=O) groups is 1. The molecule has 0 unspecified atom stereocenters. The van der Waals surface area contributed by atoms with Crippen molar-refractivity contribution in [3.8, 4) is 5.75 Å². The van der Waals surface area contributed by atoms with Crippen molar-refractivity contribution in [3.63, 3.8) is 0 Å². The molecule has 0 aliphatic carbocycles. The van der Waals surface area contributed by atoms with Gasteiger partial charge in [0.2, 0.25) is 0 Å². The third-order valence-electron chi connectivity index (χ3n) is 5.20. The number of ether oxygens (including phenoxy) is 3. The van der Waals surface area contributed by atoms with E-state index in [2.05, 4.69) is 14.7 Å². The summed E-state index contributed by atoms with van der Waals surface area (Å²) in [5.74, 6) is -1.96. The summed E-state index contributed by atoms with van der Waals surface area (Å²) in [5.41, 5.74) is -0.0378. The first-order valence-corrected chi connectivity index (χ1v) is 11.2. The molecule has 1 aromatic carbocycles. The van der Waals surface area contributed by atoms with Gasteiger partial charge in [-0.3, -0.25) is 4.90 Å². The molecule has 1 aliphatic rings. The van der Waals surface area contributed by atoms with Crippen molar-refractivity contribution in [2.45, 2.75) is 71.1 Å². The van der Waals surface area contributed by atoms with Gasteiger partial charge in [0.15, 0.2) is 11.6 Å². The van der Waals surface area contributed by atoms with Crippen LogP contribution < -0.4 is 9.64 Å². The van der Waals surface area contributed by atoms with Gasteiger partial charge >= 0.3 is 12.5 Å². The number of carbonyl (C=O) groups excluding carboxylic acids is 1. The van der Waals surface area contributed by atoms with Crippen molar-refractivity contribution in [2.75, 3.05) is 11.5 Å². The summed E-state index contributed by atoms with van der Waals surface area (Å²) in [6, 6.07) is 4.20. The van der Waals surface area contributed by atoms with Crippen molar-refractivity contribution >= 4 is 23.5 Å². The minimum absolute atomic E-state index is 0.0835. The van der Waals surface area contributed by atoms with Crippen molar-refractivity contribution in [1.82, 2.24) is 9.97 Å². The molecule has 192 valence electrons. The van der Waals surface area contributed by atoms with E-state index in [0.29, 0.717) is 5.56 Å². The van der Waals surface area contributed by atoms with E-state index in [1.807, 2.05) is 27.7 Å². The molecule has 0 N–H and O–H groups in total. The zero-order chi connectivity index (χ0) is 26.1. The Hall–Kier alpha value is -2.66. The van der Waals surface area contributed by atoms with Crippen LogP contribution in [0, 0.1) is 5.82 Å². The van der Waals surface area contributed by atoms with Crippen molar-refractivity contribution in [1.29, 1.82) is 0 Å². The van der Waals surface area contributed by atoms with E-state index in [1.54, 1.807) is 6.92 Å². The highest BCUT2D eigenvalue weighted by atomic mass is 35.5. The molecule has 12 heteroatoms. The second-order valence-electron chi connectivity index (χ2n) is 9.26. The Morgan fingerprint density at radius 3 is 2.49 bits per heavy atom. The lowest BCUT2D eigenvalue weighted by molar-refractivity contribution is -0.275. The molecular formula is C23H26ClF4N3O4. The highest BCUT2D eigenvalue weighted by Crippen LogP contribution is 2.31. The van der Waals surface area contributed by atoms with Crippen LogP contribution in [-0.4, -0.2) is 46.8 Å². The fourth-order valence-corrected chi connectivity index (χ4v) is 3.97. The van der Waals surface area contributed by atoms with E-state index in [9.17, 15) is 22.4 Å². The second kappa shape index (κ2) is 10.1. The van der Waals surface area contributed by atoms with Gasteiger partial charge in [0.1, 0.15) is 29.4 Å². The smallest absolute Gasteiger partial charge is 0.447 e. The maximum Gasteiger partial charge on any atom is 0.573 e. The van der Waals surface area contributed by atoms with E-state index < -0.39 is 35.7 Å². The average molecular weight is 520 g/mol. The first-order chi connectivity index (χ1) is 16.1. The molecule has 1 aromatic heterocycles. The minimum Gasteiger partial charge on any atom is -0.447 e. The van der Waals surface area contributed by atoms with Crippen LogP contribution in [0.5, 0.6) is 5.75 Å². The molecule has 0 saturated carbocycles. The monoisotopic (exact) mass is 519 g/mol. The lowest BCUT2D eigenvalue weighted by atomic mass is 9.97. The molecule has 1 saturated heterocycles. The summed E-state index contributed by atoms with van der Waals surface area (Å²) in [7, 11) is 0. The van der Waals surface area contributed by atoms with Gasteiger partial charge < -0.3 is 14.2 Å². The molecule has 1 amide bonds. The number of amides is 1. The molecular weight excluding hydrogens is 494 g/mol. The van der Waals surface area contributed by atoms with Crippen LogP contribution >= 0.6 is 11.6 Å². The van der Waals surface area contributed by atoms with Gasteiger partial charge in [-0.2, -0.15) is 0 Å². The summed E-state index contributed by atoms with van der Waals surface area (Å²) < 4.78 is 66.2. The standard InChI is InChI=1S/C23H26ClF4N3O4/c1-12(14-6-7-17(15(25)9-14)35-23(26,27)28)8-19-29-18(24)10-20(30-19)31-16(11-33-21(31)32)13(2)34-22(3,4)5/h6-7,9-10,12-13,16H,8,11H2,1-5H3/t12-,13-,16-/m1/s1. The molecule has 0 radical (unpaired) electrons. The normalized spacial score (nSPS) is 18.4. The number of halogens is 5. The van der Waals surface area contributed by atoms with Crippen LogP contribution in [0.3, 0.4) is 0 Å². The van der Waals surface area contributed by atoms with Gasteiger partial charge in [0.05, 0.1) is 11.7 Å². The van der Waals surface area contributed by atoms with Crippen LogP contribution in [0.2, 0.25) is 5.15 Å². The van der Waals surface area contributed by atoms with E-state index in [4.69, 9.17) is 21.1 Å². The maximum atomic E-state index is 14.1. The Kier molecular flexibility index (Phi) is 7.80. The zero-order valence-corrected chi connectivity index (χ0v) is 20.6. The number of aromatic nitrogens is 2. The fraction of sp³-hybridized carbons (Fsp3) is 0.522. The topological polar surface area (TPSA) is 73.8 Å². The van der Waals surface area contributed by atoms with Gasteiger partial charge in [-0.25, -0.2) is 19.2 Å². The third-order valence-corrected chi connectivity index (χ3v) is 5.39. The van der Waals surface area contributed by atoms with Crippen LogP contribution in [-0.2, 0) is 15.9 Å². The summed E-state index contributed by atoms with van der Waals surface area (Å²) in [4.78, 5) is 22.5. The highest BCUT2D eigenvalue weighted by molar-refractivity contribution is 6.29. The second-order valence-corrected chi connectivity index (χ2v) is 9.64. The van der Waals surface area contributed by atoms with E-state index >= 15 is 0 Å². The van der Waals surface area contributed by atoms with Crippen molar-refractivity contribution in [2.24, 2.45) is 0 Å². The molecule has 1 aliphatic heterocycles. The van der Waals surface area contributed by atoms with Crippen LogP contribution in [0.4, 0.5) is 28.2 Å². The summed E-state index contributed by atoms with van der Waals surface area (Å²) in [6.45, 7) is 9.37. The summed E-state index contributed by atoms with van der Waals surface area (Å²) >= 11 is 6.20. The SMILES string of the molecule is C[C@H](Cc1nc(Cl)cc(N2C(=O)OC[C@@H]2[C@@H](C)OC(C)(C)C)n1)c1ccc(OC(F)(F)F)c(F)c1. The number of nitrogens with zero attached hydrogens (tertiary/aromatic N) is 3. The number of hydrogen-bond acceptors (Lipinski definition) is 6. The minimum atomic E-state index is -5.00. The van der Waals surface area contributed by atoms with Crippen LogP contribution in [0.25, 0.3) is 0 Å². The molecule has 2 heterocycles. The lowest BCUT2D eigenvalue weighted by Gasteiger charge is -2.31. The summed E-state index contributed by atoms with van der Waals surface area (Å²) in [5, 5.41) is 0.0835. The van der Waals surface area contributed by atoms with Crippen molar-refractivity contribution < 1.29 is 36.6 Å². The maximum absolute atomic E-state index is 14.1. The molecule has 2 aromatic rings. The van der Waals surface area contributed by atoms with E-state index in [1.165, 1.54) is 17.0 Å². The number of anilines is 1. The number of rotatable bonds is 7. The van der Waals surface area contributed by atoms with Gasteiger partial charge in [0.25, 0.3) is 0 Å². The van der Waals surface area contributed by atoms with Crippen LogP contribution in [0.15, 0.2) is 24.3 Å². The largest absolute Gasteiger partial charge is 0.573 e. The Labute approximate surface area is 205 Å². The molecule has 7 nitrogen and oxygen atoms in total. The van der Waals surface area contributed by atoms with Gasteiger partial charge in [-0.1, -0.05) is 24.6 Å². The van der Waals surface area contributed by atoms with Gasteiger partial charge in [-0.05, 0) is 51.3 Å². The average Bonchev–Trinajstić information content (AvgIpc) is 3.08. The first kappa shape index (κ1) is 26.9. The molecule has 3 rings (SSSR count). The van der Waals surface area contributed by atoms with Crippen molar-refractivity contribution in [3.05, 3.63) is 46.6 Å². The number of hydrogen-bond donors (Lipinski definition) is 0. The number of cyclic esters (lactones) is 1. The molecule has 0 spiro atoms. The Morgan fingerprint density at radius 1 is 1.20 bits per heavy atom. The molecule has 35 heavy (non-hydrogen) atoms. The molecule has 1 fully saturated rings. The van der Waals surface area contributed by atoms with Gasteiger partial charge in [0, 0.05) is 12.5 Å². The predicted molar refractivity (Wildman–Crippen MR) is 120 cm³/mol. The number of alkyl halides is 3. The fourth-order valence-electron chi connectivity index (χ4n) is 3.77. The van der Waals surface area contributed by atoms with Crippen LogP contribution in [0.1, 0.15) is 51.9 Å². The Morgan fingerprint density at radius 2 is 1.89 bits per heavy atom. The zero-order valence-electron chi connectivity index (χ0n) is 19.8. The van der Waals surface area contributed by atoms with E-state index in [-0.39, 0.29) is 41.8 Å².